The molecule has 3 rings (SSSR count). The lowest BCUT2D eigenvalue weighted by Gasteiger charge is -2.07. The number of nitrogens with one attached hydrogen (secondary N) is 1. The van der Waals surface area contributed by atoms with E-state index in [-0.39, 0.29) is 23.9 Å². The number of rotatable bonds is 6. The first-order valence-corrected chi connectivity index (χ1v) is 9.24. The molecule has 0 fully saturated rings. The fourth-order valence-electron chi connectivity index (χ4n) is 2.53. The number of Topliss-reactive ketones (excluding diaryl/α,β-unsaturated/α-hetero) is 1. The van der Waals surface area contributed by atoms with Gasteiger partial charge in [-0.05, 0) is 55.5 Å². The smallest absolute Gasteiger partial charge is 0.338 e. The molecule has 6 heteroatoms. The van der Waals surface area contributed by atoms with Crippen LogP contribution >= 0.6 is 11.6 Å². The van der Waals surface area contributed by atoms with Gasteiger partial charge in [0.1, 0.15) is 0 Å². The number of anilines is 1. The molecule has 0 aliphatic heterocycles. The van der Waals surface area contributed by atoms with E-state index in [1.165, 1.54) is 12.1 Å². The van der Waals surface area contributed by atoms with Gasteiger partial charge in [-0.2, -0.15) is 0 Å². The Morgan fingerprint density at radius 2 is 1.34 bits per heavy atom. The van der Waals surface area contributed by atoms with Gasteiger partial charge in [0.25, 0.3) is 5.91 Å². The van der Waals surface area contributed by atoms with E-state index in [1.807, 2.05) is 19.1 Å². The second-order valence-electron chi connectivity index (χ2n) is 6.40. The predicted molar refractivity (Wildman–Crippen MR) is 112 cm³/mol. The highest BCUT2D eigenvalue weighted by Crippen LogP contribution is 2.14. The molecule has 0 spiro atoms. The quantitative estimate of drug-likeness (QED) is 0.464. The summed E-state index contributed by atoms with van der Waals surface area (Å²) < 4.78 is 5.09. The first kappa shape index (κ1) is 20.3. The molecule has 0 saturated carbocycles. The van der Waals surface area contributed by atoms with Crippen LogP contribution in [0, 0.1) is 6.92 Å². The summed E-state index contributed by atoms with van der Waals surface area (Å²) in [6.07, 6.45) is 0. The number of esters is 1. The number of hydrogen-bond donors (Lipinski definition) is 1. The molecule has 3 aromatic carbocycles. The monoisotopic (exact) mass is 407 g/mol. The minimum Gasteiger partial charge on any atom is -0.454 e. The molecule has 0 saturated heterocycles. The van der Waals surface area contributed by atoms with Gasteiger partial charge in [-0.3, -0.25) is 9.59 Å². The normalized spacial score (nSPS) is 10.3. The highest BCUT2D eigenvalue weighted by molar-refractivity contribution is 6.30. The Labute approximate surface area is 173 Å². The minimum absolute atomic E-state index is 0.273. The molecule has 146 valence electrons. The molecule has 0 unspecified atom stereocenters. The predicted octanol–water partition coefficient (Wildman–Crippen LogP) is 4.94. The Morgan fingerprint density at radius 3 is 1.97 bits per heavy atom. The minimum atomic E-state index is -0.610. The summed E-state index contributed by atoms with van der Waals surface area (Å²) in [6.45, 7) is 1.59. The van der Waals surface area contributed by atoms with Crippen LogP contribution < -0.4 is 5.32 Å². The number of carbonyl (C=O) groups excluding carboxylic acids is 3. The lowest BCUT2D eigenvalue weighted by atomic mass is 10.1. The zero-order valence-electron chi connectivity index (χ0n) is 15.6. The topological polar surface area (TPSA) is 72.5 Å². The first-order valence-electron chi connectivity index (χ1n) is 8.86. The van der Waals surface area contributed by atoms with Gasteiger partial charge in [-0.25, -0.2) is 4.79 Å². The van der Waals surface area contributed by atoms with E-state index in [4.69, 9.17) is 16.3 Å². The van der Waals surface area contributed by atoms with Gasteiger partial charge in [-0.15, -0.1) is 0 Å². The fraction of sp³-hybridized carbons (Fsp3) is 0.0870. The van der Waals surface area contributed by atoms with Crippen molar-refractivity contribution >= 4 is 34.9 Å². The van der Waals surface area contributed by atoms with Crippen LogP contribution in [-0.2, 0) is 4.74 Å². The van der Waals surface area contributed by atoms with Crippen molar-refractivity contribution in [2.75, 3.05) is 11.9 Å². The number of ether oxygens (including phenoxy) is 1. The summed E-state index contributed by atoms with van der Waals surface area (Å²) in [5, 5.41) is 3.28. The van der Waals surface area contributed by atoms with E-state index in [0.29, 0.717) is 21.8 Å². The molecule has 5 nitrogen and oxygen atoms in total. The molecule has 0 aliphatic rings. The molecule has 1 N–H and O–H groups in total. The average Bonchev–Trinajstić information content (AvgIpc) is 2.73. The third kappa shape index (κ3) is 5.53. The molecular formula is C23H18ClNO4. The summed E-state index contributed by atoms with van der Waals surface area (Å²) in [4.78, 5) is 36.4. The highest BCUT2D eigenvalue weighted by atomic mass is 35.5. The number of amides is 1. The summed E-state index contributed by atoms with van der Waals surface area (Å²) in [6, 6.07) is 19.8. The molecule has 3 aromatic rings. The summed E-state index contributed by atoms with van der Waals surface area (Å²) in [5.41, 5.74) is 2.81. The van der Waals surface area contributed by atoms with E-state index in [0.717, 1.165) is 5.56 Å². The largest absolute Gasteiger partial charge is 0.454 e. The maximum absolute atomic E-state index is 12.2. The van der Waals surface area contributed by atoms with Gasteiger partial charge in [0.15, 0.2) is 12.4 Å². The Morgan fingerprint density at radius 1 is 0.793 bits per heavy atom. The van der Waals surface area contributed by atoms with Gasteiger partial charge in [0.05, 0.1) is 5.56 Å². The van der Waals surface area contributed by atoms with Crippen molar-refractivity contribution in [2.45, 2.75) is 6.92 Å². The van der Waals surface area contributed by atoms with Crippen molar-refractivity contribution in [3.8, 4) is 0 Å². The summed E-state index contributed by atoms with van der Waals surface area (Å²) >= 11 is 5.81. The van der Waals surface area contributed by atoms with E-state index >= 15 is 0 Å². The maximum atomic E-state index is 12.2. The lowest BCUT2D eigenvalue weighted by Crippen LogP contribution is -2.15. The molecule has 0 atom stereocenters. The number of halogens is 1. The van der Waals surface area contributed by atoms with Crippen LogP contribution in [0.5, 0.6) is 0 Å². The second kappa shape index (κ2) is 9.17. The fourth-order valence-corrected chi connectivity index (χ4v) is 2.66. The van der Waals surface area contributed by atoms with Crippen molar-refractivity contribution in [3.05, 3.63) is 100 Å². The van der Waals surface area contributed by atoms with Crippen molar-refractivity contribution in [1.29, 1.82) is 0 Å². The summed E-state index contributed by atoms with van der Waals surface area (Å²) in [7, 11) is 0. The van der Waals surface area contributed by atoms with Gasteiger partial charge < -0.3 is 10.1 Å². The zero-order chi connectivity index (χ0) is 20.8. The average molecular weight is 408 g/mol. The number of benzene rings is 3. The van der Waals surface area contributed by atoms with Crippen LogP contribution in [0.1, 0.15) is 36.6 Å². The molecule has 0 radical (unpaired) electrons. The molecule has 0 aromatic heterocycles. The lowest BCUT2D eigenvalue weighted by molar-refractivity contribution is 0.0475. The van der Waals surface area contributed by atoms with Crippen LogP contribution in [0.15, 0.2) is 72.8 Å². The summed E-state index contributed by atoms with van der Waals surface area (Å²) in [5.74, 6) is -1.17. The van der Waals surface area contributed by atoms with E-state index in [2.05, 4.69) is 5.32 Å². The molecular weight excluding hydrogens is 390 g/mol. The van der Waals surface area contributed by atoms with Crippen molar-refractivity contribution in [1.82, 2.24) is 0 Å². The Balaban J connectivity index is 1.55. The van der Waals surface area contributed by atoms with E-state index < -0.39 is 5.97 Å². The highest BCUT2D eigenvalue weighted by Gasteiger charge is 2.12. The van der Waals surface area contributed by atoms with Crippen LogP contribution in [-0.4, -0.2) is 24.3 Å². The number of aryl methyl sites for hydroxylation is 1. The van der Waals surface area contributed by atoms with Gasteiger partial charge in [-0.1, -0.05) is 41.4 Å². The third-order valence-electron chi connectivity index (χ3n) is 4.19. The van der Waals surface area contributed by atoms with Gasteiger partial charge >= 0.3 is 5.97 Å². The van der Waals surface area contributed by atoms with Crippen LogP contribution in [0.25, 0.3) is 0 Å². The first-order chi connectivity index (χ1) is 13.9. The van der Waals surface area contributed by atoms with Crippen molar-refractivity contribution in [2.24, 2.45) is 0 Å². The van der Waals surface area contributed by atoms with Crippen molar-refractivity contribution in [3.63, 3.8) is 0 Å². The maximum Gasteiger partial charge on any atom is 0.338 e. The SMILES string of the molecule is Cc1ccc(C(=O)COC(=O)c2ccc(NC(=O)c3ccc(Cl)cc3)cc2)cc1. The Hall–Kier alpha value is -3.44. The molecule has 0 heterocycles. The van der Waals surface area contributed by atoms with E-state index in [9.17, 15) is 14.4 Å². The van der Waals surface area contributed by atoms with Crippen LogP contribution in [0.4, 0.5) is 5.69 Å². The van der Waals surface area contributed by atoms with Gasteiger partial charge in [0.2, 0.25) is 0 Å². The second-order valence-corrected chi connectivity index (χ2v) is 6.84. The molecule has 0 bridgehead atoms. The Bertz CT molecular complexity index is 1030. The molecule has 1 amide bonds. The number of ketones is 1. The number of carbonyl (C=O) groups is 3. The van der Waals surface area contributed by atoms with Gasteiger partial charge in [0, 0.05) is 21.8 Å². The third-order valence-corrected chi connectivity index (χ3v) is 4.44. The number of hydrogen-bond acceptors (Lipinski definition) is 4. The Kier molecular flexibility index (Phi) is 6.42. The van der Waals surface area contributed by atoms with Crippen LogP contribution in [0.2, 0.25) is 5.02 Å². The standard InChI is InChI=1S/C23H18ClNO4/c1-15-2-4-16(5-3-15)21(26)14-29-23(28)18-8-12-20(13-9-18)25-22(27)17-6-10-19(24)11-7-17/h2-13H,14H2,1H3,(H,25,27). The zero-order valence-corrected chi connectivity index (χ0v) is 16.4. The van der Waals surface area contributed by atoms with Crippen LogP contribution in [0.3, 0.4) is 0 Å². The van der Waals surface area contributed by atoms with Crippen molar-refractivity contribution < 1.29 is 19.1 Å². The van der Waals surface area contributed by atoms with E-state index in [1.54, 1.807) is 48.5 Å². The molecule has 29 heavy (non-hydrogen) atoms. The molecule has 0 aliphatic carbocycles.